The van der Waals surface area contributed by atoms with Gasteiger partial charge in [-0.2, -0.15) is 0 Å². The van der Waals surface area contributed by atoms with Gasteiger partial charge in [0.2, 0.25) is 5.91 Å². The van der Waals surface area contributed by atoms with E-state index in [1.807, 2.05) is 6.92 Å². The van der Waals surface area contributed by atoms with Crippen LogP contribution in [0.3, 0.4) is 0 Å². The number of nitro benzene ring substituents is 1. The number of carbonyl (C=O) groups is 1. The van der Waals surface area contributed by atoms with E-state index in [-0.39, 0.29) is 17.6 Å². The van der Waals surface area contributed by atoms with E-state index >= 15 is 0 Å². The topological polar surface area (TPSA) is 84.3 Å². The van der Waals surface area contributed by atoms with Crippen LogP contribution in [0.2, 0.25) is 0 Å². The summed E-state index contributed by atoms with van der Waals surface area (Å²) in [5, 5.41) is 16.5. The van der Waals surface area contributed by atoms with Crippen molar-refractivity contribution in [3.63, 3.8) is 0 Å². The molecule has 1 unspecified atom stereocenters. The first-order valence-corrected chi connectivity index (χ1v) is 7.26. The number of nitrogens with zero attached hydrogens (tertiary/aromatic N) is 1. The predicted molar refractivity (Wildman–Crippen MR) is 82.2 cm³/mol. The highest BCUT2D eigenvalue weighted by Crippen LogP contribution is 2.11. The Morgan fingerprint density at radius 1 is 1.33 bits per heavy atom. The van der Waals surface area contributed by atoms with Crippen molar-refractivity contribution in [1.29, 1.82) is 0 Å². The van der Waals surface area contributed by atoms with Crippen molar-refractivity contribution in [2.24, 2.45) is 0 Å². The van der Waals surface area contributed by atoms with Crippen LogP contribution in [0.1, 0.15) is 32.3 Å². The van der Waals surface area contributed by atoms with Crippen molar-refractivity contribution in [3.05, 3.63) is 39.9 Å². The van der Waals surface area contributed by atoms with E-state index in [4.69, 9.17) is 0 Å². The summed E-state index contributed by atoms with van der Waals surface area (Å²) in [6.45, 7) is 5.04. The molecule has 1 rings (SSSR count). The van der Waals surface area contributed by atoms with Gasteiger partial charge >= 0.3 is 0 Å². The van der Waals surface area contributed by atoms with Gasteiger partial charge in [-0.05, 0) is 31.9 Å². The Morgan fingerprint density at radius 3 is 2.57 bits per heavy atom. The van der Waals surface area contributed by atoms with E-state index in [0.29, 0.717) is 13.1 Å². The lowest BCUT2D eigenvalue weighted by Gasteiger charge is -2.13. The molecule has 0 radical (unpaired) electrons. The third kappa shape index (κ3) is 6.85. The molecule has 0 aliphatic rings. The maximum Gasteiger partial charge on any atom is 0.269 e. The molecule has 6 nitrogen and oxygen atoms in total. The molecule has 0 aromatic heterocycles. The molecule has 0 fully saturated rings. The standard InChI is InChI=1S/C15H23N3O3/c1-3-4-12(2)17-15(19)11-16-10-9-13-5-7-14(8-6-13)18(20)21/h5-8,12,16H,3-4,9-11H2,1-2H3,(H,17,19). The molecule has 1 atom stereocenters. The fourth-order valence-electron chi connectivity index (χ4n) is 2.05. The van der Waals surface area contributed by atoms with E-state index in [1.54, 1.807) is 12.1 Å². The lowest BCUT2D eigenvalue weighted by Crippen LogP contribution is -2.39. The maximum atomic E-state index is 11.6. The number of carbonyl (C=O) groups excluding carboxylic acids is 1. The molecule has 6 heteroatoms. The van der Waals surface area contributed by atoms with Gasteiger partial charge in [-0.25, -0.2) is 0 Å². The Bertz CT molecular complexity index is 460. The fraction of sp³-hybridized carbons (Fsp3) is 0.533. The Labute approximate surface area is 125 Å². The van der Waals surface area contributed by atoms with Gasteiger partial charge in [0.1, 0.15) is 0 Å². The average Bonchev–Trinajstić information content (AvgIpc) is 2.44. The summed E-state index contributed by atoms with van der Waals surface area (Å²) in [6, 6.07) is 6.67. The number of non-ortho nitro benzene ring substituents is 1. The van der Waals surface area contributed by atoms with Gasteiger partial charge < -0.3 is 10.6 Å². The van der Waals surface area contributed by atoms with Crippen molar-refractivity contribution in [1.82, 2.24) is 10.6 Å². The van der Waals surface area contributed by atoms with Crippen LogP contribution in [-0.2, 0) is 11.2 Å². The fourth-order valence-corrected chi connectivity index (χ4v) is 2.05. The Morgan fingerprint density at radius 2 is 2.00 bits per heavy atom. The molecule has 0 aliphatic carbocycles. The minimum Gasteiger partial charge on any atom is -0.353 e. The summed E-state index contributed by atoms with van der Waals surface area (Å²) in [5.74, 6) is -0.000325. The number of hydrogen-bond donors (Lipinski definition) is 2. The first-order chi connectivity index (χ1) is 10.0. The first-order valence-electron chi connectivity index (χ1n) is 7.26. The van der Waals surface area contributed by atoms with Crippen LogP contribution < -0.4 is 10.6 Å². The minimum absolute atomic E-state index is 0.000325. The molecule has 0 saturated carbocycles. The highest BCUT2D eigenvalue weighted by atomic mass is 16.6. The first kappa shape index (κ1) is 17.1. The molecule has 0 saturated heterocycles. The monoisotopic (exact) mass is 293 g/mol. The highest BCUT2D eigenvalue weighted by molar-refractivity contribution is 5.78. The molecule has 116 valence electrons. The summed E-state index contributed by atoms with van der Waals surface area (Å²) in [6.07, 6.45) is 2.76. The van der Waals surface area contributed by atoms with E-state index in [1.165, 1.54) is 12.1 Å². The molecule has 1 aromatic carbocycles. The maximum absolute atomic E-state index is 11.6. The van der Waals surface area contributed by atoms with Crippen molar-refractivity contribution >= 4 is 11.6 Å². The van der Waals surface area contributed by atoms with Crippen molar-refractivity contribution in [2.45, 2.75) is 39.2 Å². The van der Waals surface area contributed by atoms with Crippen molar-refractivity contribution in [3.8, 4) is 0 Å². The SMILES string of the molecule is CCCC(C)NC(=O)CNCCc1ccc([N+](=O)[O-])cc1. The lowest BCUT2D eigenvalue weighted by atomic mass is 10.1. The highest BCUT2D eigenvalue weighted by Gasteiger charge is 2.06. The van der Waals surface area contributed by atoms with Gasteiger partial charge in [0.15, 0.2) is 0 Å². The molecule has 0 aliphatic heterocycles. The van der Waals surface area contributed by atoms with E-state index in [9.17, 15) is 14.9 Å². The third-order valence-corrected chi connectivity index (χ3v) is 3.15. The summed E-state index contributed by atoms with van der Waals surface area (Å²) in [7, 11) is 0. The minimum atomic E-state index is -0.413. The van der Waals surface area contributed by atoms with Crippen LogP contribution in [0.5, 0.6) is 0 Å². The lowest BCUT2D eigenvalue weighted by molar-refractivity contribution is -0.384. The number of amides is 1. The summed E-state index contributed by atoms with van der Waals surface area (Å²) < 4.78 is 0. The molecule has 0 bridgehead atoms. The molecule has 0 heterocycles. The smallest absolute Gasteiger partial charge is 0.269 e. The molecular formula is C15H23N3O3. The number of rotatable bonds is 9. The number of nitrogens with one attached hydrogen (secondary N) is 2. The summed E-state index contributed by atoms with van der Waals surface area (Å²) in [4.78, 5) is 21.7. The van der Waals surface area contributed by atoms with Gasteiger partial charge in [-0.15, -0.1) is 0 Å². The van der Waals surface area contributed by atoms with E-state index < -0.39 is 4.92 Å². The Balaban J connectivity index is 2.21. The van der Waals surface area contributed by atoms with Gasteiger partial charge in [0, 0.05) is 18.2 Å². The molecule has 0 spiro atoms. The second-order valence-corrected chi connectivity index (χ2v) is 5.11. The van der Waals surface area contributed by atoms with Gasteiger partial charge in [-0.1, -0.05) is 25.5 Å². The Hall–Kier alpha value is -1.95. The van der Waals surface area contributed by atoms with Crippen LogP contribution in [0, 0.1) is 10.1 Å². The molecule has 1 aromatic rings. The van der Waals surface area contributed by atoms with Gasteiger partial charge in [0.05, 0.1) is 11.5 Å². The van der Waals surface area contributed by atoms with E-state index in [2.05, 4.69) is 17.6 Å². The summed E-state index contributed by atoms with van der Waals surface area (Å²) in [5.41, 5.74) is 1.10. The molecular weight excluding hydrogens is 270 g/mol. The van der Waals surface area contributed by atoms with Crippen LogP contribution in [0.4, 0.5) is 5.69 Å². The van der Waals surface area contributed by atoms with Crippen LogP contribution in [0.25, 0.3) is 0 Å². The predicted octanol–water partition coefficient (Wildman–Crippen LogP) is 2.03. The molecule has 21 heavy (non-hydrogen) atoms. The second-order valence-electron chi connectivity index (χ2n) is 5.11. The normalized spacial score (nSPS) is 11.9. The van der Waals surface area contributed by atoms with Crippen LogP contribution in [0.15, 0.2) is 24.3 Å². The number of hydrogen-bond acceptors (Lipinski definition) is 4. The van der Waals surface area contributed by atoms with Gasteiger partial charge in [-0.3, -0.25) is 14.9 Å². The zero-order chi connectivity index (χ0) is 15.7. The van der Waals surface area contributed by atoms with Crippen LogP contribution >= 0.6 is 0 Å². The zero-order valence-electron chi connectivity index (χ0n) is 12.6. The average molecular weight is 293 g/mol. The third-order valence-electron chi connectivity index (χ3n) is 3.15. The molecule has 1 amide bonds. The number of benzene rings is 1. The van der Waals surface area contributed by atoms with Gasteiger partial charge in [0.25, 0.3) is 5.69 Å². The largest absolute Gasteiger partial charge is 0.353 e. The van der Waals surface area contributed by atoms with E-state index in [0.717, 1.165) is 24.8 Å². The zero-order valence-corrected chi connectivity index (χ0v) is 12.6. The van der Waals surface area contributed by atoms with Crippen molar-refractivity contribution < 1.29 is 9.72 Å². The molecule has 2 N–H and O–H groups in total. The van der Waals surface area contributed by atoms with Crippen molar-refractivity contribution in [2.75, 3.05) is 13.1 Å². The van der Waals surface area contributed by atoms with Crippen LogP contribution in [-0.4, -0.2) is 30.0 Å². The summed E-state index contributed by atoms with van der Waals surface area (Å²) >= 11 is 0. The number of nitro groups is 1. The second kappa shape index (κ2) is 9.07. The Kier molecular flexibility index (Phi) is 7.39. The quantitative estimate of drug-likeness (QED) is 0.414.